The van der Waals surface area contributed by atoms with E-state index in [1.54, 1.807) is 10.9 Å². The lowest BCUT2D eigenvalue weighted by Crippen LogP contribution is -2.46. The average molecular weight is 368 g/mol. The molecule has 1 aliphatic carbocycles. The second-order valence-electron chi connectivity index (χ2n) is 7.37. The van der Waals surface area contributed by atoms with Crippen molar-refractivity contribution in [1.29, 1.82) is 0 Å². The summed E-state index contributed by atoms with van der Waals surface area (Å²) in [4.78, 5) is 16.3. The van der Waals surface area contributed by atoms with Crippen LogP contribution in [-0.2, 0) is 21.6 Å². The van der Waals surface area contributed by atoms with Crippen molar-refractivity contribution in [3.05, 3.63) is 53.2 Å². The Balaban J connectivity index is 1.51. The molecule has 0 unspecified atom stereocenters. The van der Waals surface area contributed by atoms with Gasteiger partial charge in [0.15, 0.2) is 0 Å². The second-order valence-corrected chi connectivity index (χ2v) is 7.37. The van der Waals surface area contributed by atoms with Gasteiger partial charge in [-0.1, -0.05) is 0 Å². The van der Waals surface area contributed by atoms with Crippen LogP contribution in [0.15, 0.2) is 30.9 Å². The summed E-state index contributed by atoms with van der Waals surface area (Å²) in [6.07, 6.45) is 9.54. The molecule has 0 radical (unpaired) electrons. The van der Waals surface area contributed by atoms with Gasteiger partial charge in [-0.25, -0.2) is 9.78 Å². The number of rotatable bonds is 5. The summed E-state index contributed by atoms with van der Waals surface area (Å²) in [5.41, 5.74) is 3.01. The van der Waals surface area contributed by atoms with Crippen molar-refractivity contribution < 1.29 is 19.4 Å². The number of aliphatic hydroxyl groups is 1. The minimum Gasteiger partial charge on any atom is -0.465 e. The van der Waals surface area contributed by atoms with Crippen LogP contribution in [0.4, 0.5) is 0 Å². The largest absolute Gasteiger partial charge is 0.465 e. The molecule has 1 N–H and O–H groups in total. The number of aromatic nitrogens is 4. The van der Waals surface area contributed by atoms with Crippen molar-refractivity contribution in [2.45, 2.75) is 30.9 Å². The maximum Gasteiger partial charge on any atom is 0.341 e. The number of pyridine rings is 1. The first-order valence-corrected chi connectivity index (χ1v) is 8.99. The zero-order chi connectivity index (χ0) is 18.6. The second kappa shape index (κ2) is 5.90. The third-order valence-electron chi connectivity index (χ3n) is 5.23. The number of imidazole rings is 1. The summed E-state index contributed by atoms with van der Waals surface area (Å²) < 4.78 is 13.6. The molecule has 0 spiro atoms. The van der Waals surface area contributed by atoms with E-state index in [2.05, 4.69) is 17.4 Å². The molecule has 5 rings (SSSR count). The fourth-order valence-electron chi connectivity index (χ4n) is 3.52. The summed E-state index contributed by atoms with van der Waals surface area (Å²) in [5, 5.41) is 15.1. The molecule has 4 heterocycles. The Bertz CT molecular complexity index is 1030. The van der Waals surface area contributed by atoms with Gasteiger partial charge < -0.3 is 19.0 Å². The smallest absolute Gasteiger partial charge is 0.341 e. The standard InChI is InChI=1S/C19H20N4O4/c1-26-18(24)14-5-20-23(7-14)9-15-8-22-6-13(12-2-3-12)4-16(17(22)21-15)19(25)10-27-11-19/h4-8,12,25H,2-3,9-11H2,1H3. The molecule has 1 saturated heterocycles. The van der Waals surface area contributed by atoms with E-state index in [0.717, 1.165) is 16.9 Å². The Morgan fingerprint density at radius 2 is 2.19 bits per heavy atom. The molecule has 2 aliphatic rings. The molecular weight excluding hydrogens is 348 g/mol. The van der Waals surface area contributed by atoms with E-state index in [-0.39, 0.29) is 0 Å². The first-order chi connectivity index (χ1) is 13.1. The third-order valence-corrected chi connectivity index (χ3v) is 5.23. The number of methoxy groups -OCH3 is 1. The highest BCUT2D eigenvalue weighted by Gasteiger charge is 2.41. The normalized spacial score (nSPS) is 18.4. The van der Waals surface area contributed by atoms with Crippen LogP contribution >= 0.6 is 0 Å². The topological polar surface area (TPSA) is 90.9 Å². The minimum absolute atomic E-state index is 0.292. The molecule has 3 aromatic rings. The molecule has 27 heavy (non-hydrogen) atoms. The van der Waals surface area contributed by atoms with E-state index < -0.39 is 11.6 Å². The van der Waals surface area contributed by atoms with Crippen molar-refractivity contribution in [3.8, 4) is 0 Å². The number of esters is 1. The maximum atomic E-state index is 11.6. The Morgan fingerprint density at radius 1 is 1.37 bits per heavy atom. The molecule has 1 saturated carbocycles. The lowest BCUT2D eigenvalue weighted by molar-refractivity contribution is -0.184. The number of carbonyl (C=O) groups excluding carboxylic acids is 1. The molecule has 8 nitrogen and oxygen atoms in total. The maximum absolute atomic E-state index is 11.6. The van der Waals surface area contributed by atoms with Gasteiger partial charge in [-0.2, -0.15) is 5.10 Å². The van der Waals surface area contributed by atoms with Crippen LogP contribution in [0.3, 0.4) is 0 Å². The molecule has 140 valence electrons. The van der Waals surface area contributed by atoms with Gasteiger partial charge in [0.25, 0.3) is 0 Å². The van der Waals surface area contributed by atoms with Gasteiger partial charge in [0.2, 0.25) is 0 Å². The molecule has 2 fully saturated rings. The number of nitrogens with zero attached hydrogens (tertiary/aromatic N) is 4. The molecule has 0 bridgehead atoms. The van der Waals surface area contributed by atoms with E-state index in [9.17, 15) is 9.90 Å². The van der Waals surface area contributed by atoms with Crippen LogP contribution < -0.4 is 0 Å². The quantitative estimate of drug-likeness (QED) is 0.686. The number of hydrogen-bond acceptors (Lipinski definition) is 6. The van der Waals surface area contributed by atoms with Crippen LogP contribution in [0.2, 0.25) is 0 Å². The summed E-state index contributed by atoms with van der Waals surface area (Å²) in [7, 11) is 1.34. The van der Waals surface area contributed by atoms with Gasteiger partial charge in [-0.05, 0) is 30.4 Å². The summed E-state index contributed by atoms with van der Waals surface area (Å²) in [6.45, 7) is 1.01. The summed E-state index contributed by atoms with van der Waals surface area (Å²) >= 11 is 0. The minimum atomic E-state index is -0.974. The monoisotopic (exact) mass is 368 g/mol. The fraction of sp³-hybridized carbons (Fsp3) is 0.421. The summed E-state index contributed by atoms with van der Waals surface area (Å²) in [5.74, 6) is 0.150. The van der Waals surface area contributed by atoms with Crippen LogP contribution in [0.5, 0.6) is 0 Å². The first kappa shape index (κ1) is 16.5. The van der Waals surface area contributed by atoms with Crippen molar-refractivity contribution in [3.63, 3.8) is 0 Å². The average Bonchev–Trinajstić information content (AvgIpc) is 3.26. The zero-order valence-electron chi connectivity index (χ0n) is 15.0. The van der Waals surface area contributed by atoms with E-state index >= 15 is 0 Å². The highest BCUT2D eigenvalue weighted by Crippen LogP contribution is 2.42. The van der Waals surface area contributed by atoms with Gasteiger partial charge in [0.1, 0.15) is 11.2 Å². The molecular formula is C19H20N4O4. The number of carbonyl (C=O) groups is 1. The molecule has 0 atom stereocenters. The molecule has 0 aromatic carbocycles. The van der Waals surface area contributed by atoms with Crippen LogP contribution in [-0.4, -0.2) is 50.6 Å². The molecule has 8 heteroatoms. The number of hydrogen-bond donors (Lipinski definition) is 1. The van der Waals surface area contributed by atoms with Crippen LogP contribution in [0, 0.1) is 0 Å². The Hall–Kier alpha value is -2.71. The predicted molar refractivity (Wildman–Crippen MR) is 94.6 cm³/mol. The van der Waals surface area contributed by atoms with Gasteiger partial charge in [-0.3, -0.25) is 4.68 Å². The Kier molecular flexibility index (Phi) is 3.60. The van der Waals surface area contributed by atoms with E-state index in [4.69, 9.17) is 14.5 Å². The Labute approximate surface area is 155 Å². The number of ether oxygens (including phenoxy) is 2. The lowest BCUT2D eigenvalue weighted by Gasteiger charge is -2.37. The van der Waals surface area contributed by atoms with E-state index in [0.29, 0.717) is 31.2 Å². The molecule has 0 amide bonds. The first-order valence-electron chi connectivity index (χ1n) is 8.99. The van der Waals surface area contributed by atoms with E-state index in [1.165, 1.54) is 31.7 Å². The predicted octanol–water partition coefficient (Wildman–Crippen LogP) is 1.46. The van der Waals surface area contributed by atoms with Crippen molar-refractivity contribution in [2.75, 3.05) is 20.3 Å². The van der Waals surface area contributed by atoms with Crippen molar-refractivity contribution in [1.82, 2.24) is 19.2 Å². The zero-order valence-corrected chi connectivity index (χ0v) is 15.0. The molecule has 1 aliphatic heterocycles. The van der Waals surface area contributed by atoms with Crippen LogP contribution in [0.1, 0.15) is 45.9 Å². The van der Waals surface area contributed by atoms with Crippen molar-refractivity contribution >= 4 is 11.6 Å². The van der Waals surface area contributed by atoms with Gasteiger partial charge >= 0.3 is 5.97 Å². The lowest BCUT2D eigenvalue weighted by atomic mass is 9.91. The Morgan fingerprint density at radius 3 is 2.85 bits per heavy atom. The van der Waals surface area contributed by atoms with Crippen molar-refractivity contribution in [2.24, 2.45) is 0 Å². The number of fused-ring (bicyclic) bond motifs is 1. The molecule has 3 aromatic heterocycles. The van der Waals surface area contributed by atoms with Gasteiger partial charge in [0, 0.05) is 24.2 Å². The summed E-state index contributed by atoms with van der Waals surface area (Å²) in [6, 6.07) is 2.08. The third kappa shape index (κ3) is 2.81. The highest BCUT2D eigenvalue weighted by molar-refractivity contribution is 5.88. The van der Waals surface area contributed by atoms with E-state index in [1.807, 2.05) is 10.6 Å². The van der Waals surface area contributed by atoms with Gasteiger partial charge in [0.05, 0.1) is 44.3 Å². The fourth-order valence-corrected chi connectivity index (χ4v) is 3.52. The highest BCUT2D eigenvalue weighted by atomic mass is 16.5. The van der Waals surface area contributed by atoms with Crippen LogP contribution in [0.25, 0.3) is 5.65 Å². The SMILES string of the molecule is COC(=O)c1cnn(Cc2cn3cc(C4CC4)cc(C4(O)COC4)c3n2)c1. The van der Waals surface area contributed by atoms with Gasteiger partial charge in [-0.15, -0.1) is 0 Å².